The zero-order valence-electron chi connectivity index (χ0n) is 27.8. The van der Waals surface area contributed by atoms with Gasteiger partial charge < -0.3 is 9.47 Å². The van der Waals surface area contributed by atoms with Crippen LogP contribution in [0.2, 0.25) is 0 Å². The van der Waals surface area contributed by atoms with Crippen LogP contribution in [0, 0.1) is 0 Å². The predicted molar refractivity (Wildman–Crippen MR) is 185 cm³/mol. The van der Waals surface area contributed by atoms with E-state index in [2.05, 4.69) is 0 Å². The lowest BCUT2D eigenvalue weighted by Gasteiger charge is -2.51. The summed E-state index contributed by atoms with van der Waals surface area (Å²) < 4.78 is 58.5. The number of benzene rings is 4. The minimum atomic E-state index is -4.86. The Hall–Kier alpha value is -4.01. The lowest BCUT2D eigenvalue weighted by atomic mass is 9.80. The molecule has 48 heavy (non-hydrogen) atoms. The number of fused-ring (bicyclic) bond motifs is 1. The van der Waals surface area contributed by atoms with Gasteiger partial charge in [-0.05, 0) is 75.8 Å². The van der Waals surface area contributed by atoms with Gasteiger partial charge >= 0.3 is 12.3 Å². The standard InChI is InChI=1S/C39H42ClF3N2O3/c1-36(2,3)48-35(46)44-26-15-23-32-33(44)24-14-25-34(32)47-28-16-27-45(38(40,39(41,42)43)31-21-12-7-13-22-31)37(4,29-17-8-5-9-18-29)30-19-10-6-11-20-30/h5-14,17-22,24-25H,15-16,23,26-28H2,1-4H3. The fraction of sp³-hybridized carbons (Fsp3) is 0.359. The van der Waals surface area contributed by atoms with Crippen molar-refractivity contribution in [3.05, 3.63) is 131 Å². The zero-order valence-corrected chi connectivity index (χ0v) is 28.5. The number of ether oxygens (including phenoxy) is 2. The van der Waals surface area contributed by atoms with Crippen LogP contribution in [-0.2, 0) is 21.7 Å². The first kappa shape index (κ1) is 35.3. The normalized spacial score (nSPS) is 15.1. The van der Waals surface area contributed by atoms with Gasteiger partial charge in [-0.3, -0.25) is 9.80 Å². The molecule has 5 rings (SSSR count). The van der Waals surface area contributed by atoms with Crippen LogP contribution in [0.5, 0.6) is 5.75 Å². The van der Waals surface area contributed by atoms with Crippen molar-refractivity contribution in [1.29, 1.82) is 0 Å². The Bertz CT molecular complexity index is 1620. The third kappa shape index (κ3) is 7.20. The number of nitrogens with zero attached hydrogens (tertiary/aromatic N) is 2. The molecule has 254 valence electrons. The summed E-state index contributed by atoms with van der Waals surface area (Å²) in [6.07, 6.45) is -3.63. The molecule has 1 aliphatic rings. The molecule has 5 nitrogen and oxygen atoms in total. The summed E-state index contributed by atoms with van der Waals surface area (Å²) in [5.74, 6) is 0.595. The summed E-state index contributed by atoms with van der Waals surface area (Å²) in [5, 5.41) is 0. The number of halogens is 4. The Morgan fingerprint density at radius 3 is 1.85 bits per heavy atom. The summed E-state index contributed by atoms with van der Waals surface area (Å²) in [7, 11) is 0. The van der Waals surface area contributed by atoms with Gasteiger partial charge in [-0.2, -0.15) is 13.2 Å². The van der Waals surface area contributed by atoms with E-state index in [4.69, 9.17) is 21.1 Å². The highest BCUT2D eigenvalue weighted by Crippen LogP contribution is 2.53. The minimum absolute atomic E-state index is 0.0583. The van der Waals surface area contributed by atoms with E-state index in [0.717, 1.165) is 17.7 Å². The molecule has 9 heteroatoms. The number of anilines is 1. The van der Waals surface area contributed by atoms with E-state index in [-0.39, 0.29) is 25.1 Å². The highest BCUT2D eigenvalue weighted by molar-refractivity contribution is 6.24. The van der Waals surface area contributed by atoms with Crippen molar-refractivity contribution in [1.82, 2.24) is 4.90 Å². The molecule has 1 heterocycles. The van der Waals surface area contributed by atoms with E-state index in [1.165, 1.54) is 17.0 Å². The van der Waals surface area contributed by atoms with Crippen LogP contribution in [0.25, 0.3) is 0 Å². The molecule has 0 aromatic heterocycles. The van der Waals surface area contributed by atoms with Crippen molar-refractivity contribution in [2.24, 2.45) is 0 Å². The average Bonchev–Trinajstić information content (AvgIpc) is 3.07. The van der Waals surface area contributed by atoms with Gasteiger partial charge in [0.1, 0.15) is 11.4 Å². The number of alkyl halides is 4. The van der Waals surface area contributed by atoms with Crippen LogP contribution < -0.4 is 9.64 Å². The molecule has 0 fully saturated rings. The van der Waals surface area contributed by atoms with Crippen molar-refractivity contribution in [3.63, 3.8) is 0 Å². The molecule has 4 aromatic rings. The first-order valence-electron chi connectivity index (χ1n) is 16.2. The maximum Gasteiger partial charge on any atom is 0.425 e. The molecular formula is C39H42ClF3N2O3. The summed E-state index contributed by atoms with van der Waals surface area (Å²) in [6.45, 7) is 7.85. The second-order valence-corrected chi connectivity index (χ2v) is 13.7. The van der Waals surface area contributed by atoms with Crippen molar-refractivity contribution in [2.45, 2.75) is 69.3 Å². The Morgan fingerprint density at radius 2 is 1.33 bits per heavy atom. The molecule has 1 atom stereocenters. The largest absolute Gasteiger partial charge is 0.493 e. The molecule has 1 amide bonds. The maximum absolute atomic E-state index is 15.5. The topological polar surface area (TPSA) is 42.0 Å². The molecular weight excluding hydrogens is 637 g/mol. The van der Waals surface area contributed by atoms with Gasteiger partial charge in [0.15, 0.2) is 0 Å². The molecule has 1 aliphatic heterocycles. The number of hydrogen-bond donors (Lipinski definition) is 0. The summed E-state index contributed by atoms with van der Waals surface area (Å²) in [4.78, 5) is 13.1. The van der Waals surface area contributed by atoms with Crippen molar-refractivity contribution >= 4 is 23.4 Å². The second kappa shape index (κ2) is 14.2. The highest BCUT2D eigenvalue weighted by Gasteiger charge is 2.63. The van der Waals surface area contributed by atoms with Gasteiger partial charge in [0.2, 0.25) is 5.00 Å². The lowest BCUT2D eigenvalue weighted by Crippen LogP contribution is -2.60. The third-order valence-electron chi connectivity index (χ3n) is 8.72. The first-order chi connectivity index (χ1) is 22.8. The van der Waals surface area contributed by atoms with Crippen LogP contribution in [0.4, 0.5) is 23.7 Å². The SMILES string of the molecule is CC(C)(C)OC(=O)N1CCCc2c(OCCCN(C(C)(c3ccccc3)c3ccccc3)C(Cl)(c3ccccc3)C(F)(F)F)cccc21. The van der Waals surface area contributed by atoms with Gasteiger partial charge in [0.25, 0.3) is 0 Å². The molecule has 4 aromatic carbocycles. The molecule has 0 spiro atoms. The molecule has 0 saturated carbocycles. The number of carbonyl (C=O) groups excluding carboxylic acids is 1. The fourth-order valence-electron chi connectivity index (χ4n) is 6.46. The van der Waals surface area contributed by atoms with Crippen molar-refractivity contribution in [3.8, 4) is 5.75 Å². The maximum atomic E-state index is 15.5. The zero-order chi connectivity index (χ0) is 34.6. The van der Waals surface area contributed by atoms with Gasteiger partial charge in [-0.1, -0.05) is 109 Å². The van der Waals surface area contributed by atoms with Crippen LogP contribution >= 0.6 is 11.6 Å². The van der Waals surface area contributed by atoms with Gasteiger partial charge in [-0.15, -0.1) is 0 Å². The van der Waals surface area contributed by atoms with Crippen LogP contribution in [0.1, 0.15) is 62.8 Å². The van der Waals surface area contributed by atoms with Crippen molar-refractivity contribution in [2.75, 3.05) is 24.6 Å². The second-order valence-electron chi connectivity index (χ2n) is 13.1. The molecule has 0 aliphatic carbocycles. The molecule has 0 N–H and O–H groups in total. The molecule has 0 radical (unpaired) electrons. The summed E-state index contributed by atoms with van der Waals surface area (Å²) >= 11 is 6.98. The number of carbonyl (C=O) groups is 1. The van der Waals surface area contributed by atoms with Gasteiger partial charge in [-0.25, -0.2) is 4.79 Å². The Morgan fingerprint density at radius 1 is 0.792 bits per heavy atom. The van der Waals surface area contributed by atoms with Gasteiger partial charge in [0.05, 0.1) is 17.8 Å². The highest BCUT2D eigenvalue weighted by atomic mass is 35.5. The molecule has 0 bridgehead atoms. The Labute approximate surface area is 286 Å². The average molecular weight is 679 g/mol. The van der Waals surface area contributed by atoms with E-state index >= 15 is 13.2 Å². The quantitative estimate of drug-likeness (QED) is 0.0951. The smallest absolute Gasteiger partial charge is 0.425 e. The van der Waals surface area contributed by atoms with E-state index in [9.17, 15) is 4.79 Å². The van der Waals surface area contributed by atoms with Crippen LogP contribution in [0.15, 0.2) is 109 Å². The predicted octanol–water partition coefficient (Wildman–Crippen LogP) is 10.1. The van der Waals surface area contributed by atoms with Gasteiger partial charge in [0, 0.05) is 18.7 Å². The Kier molecular flexibility index (Phi) is 10.5. The fourth-order valence-corrected chi connectivity index (χ4v) is 6.84. The van der Waals surface area contributed by atoms with E-state index in [1.54, 1.807) is 30.0 Å². The first-order valence-corrected chi connectivity index (χ1v) is 16.6. The lowest BCUT2D eigenvalue weighted by molar-refractivity contribution is -0.220. The summed E-state index contributed by atoms with van der Waals surface area (Å²) in [5.41, 5.74) is 0.916. The van der Waals surface area contributed by atoms with E-state index in [1.807, 2.05) is 99.6 Å². The number of hydrogen-bond acceptors (Lipinski definition) is 4. The van der Waals surface area contributed by atoms with E-state index in [0.29, 0.717) is 29.8 Å². The molecule has 1 unspecified atom stereocenters. The third-order valence-corrected chi connectivity index (χ3v) is 9.36. The van der Waals surface area contributed by atoms with Crippen LogP contribution in [0.3, 0.4) is 0 Å². The van der Waals surface area contributed by atoms with Crippen molar-refractivity contribution < 1.29 is 27.4 Å². The monoisotopic (exact) mass is 678 g/mol. The minimum Gasteiger partial charge on any atom is -0.493 e. The number of amides is 1. The Balaban J connectivity index is 1.50. The number of rotatable bonds is 10. The van der Waals surface area contributed by atoms with E-state index < -0.39 is 28.4 Å². The summed E-state index contributed by atoms with van der Waals surface area (Å²) in [6, 6.07) is 31.5. The van der Waals surface area contributed by atoms with Crippen LogP contribution in [-0.4, -0.2) is 42.5 Å². The molecule has 0 saturated heterocycles.